The van der Waals surface area contributed by atoms with Crippen molar-refractivity contribution in [2.24, 2.45) is 0 Å². The van der Waals surface area contributed by atoms with E-state index in [9.17, 15) is 0 Å². The standard InChI is InChI=1S/C11H17NS/c1-11(2)6-8-12(11)7-5-10-4-3-9-13-10/h3-4,9H,5-8H2,1-2H3. The number of likely N-dealkylation sites (tertiary alicyclic amines) is 1. The van der Waals surface area contributed by atoms with E-state index in [1.165, 1.54) is 30.8 Å². The van der Waals surface area contributed by atoms with Crippen LogP contribution >= 0.6 is 11.3 Å². The second-order valence-electron chi connectivity index (χ2n) is 4.38. The van der Waals surface area contributed by atoms with Gasteiger partial charge in [-0.1, -0.05) is 6.07 Å². The lowest BCUT2D eigenvalue weighted by molar-refractivity contribution is 0.0176. The fraction of sp³-hybridized carbons (Fsp3) is 0.636. The third-order valence-electron chi connectivity index (χ3n) is 3.06. The van der Waals surface area contributed by atoms with E-state index in [0.29, 0.717) is 5.54 Å². The Morgan fingerprint density at radius 2 is 2.38 bits per heavy atom. The minimum Gasteiger partial charge on any atom is -0.298 e. The van der Waals surface area contributed by atoms with Crippen molar-refractivity contribution in [2.75, 3.05) is 13.1 Å². The third-order valence-corrected chi connectivity index (χ3v) is 3.99. The Morgan fingerprint density at radius 1 is 1.54 bits per heavy atom. The maximum absolute atomic E-state index is 2.58. The highest BCUT2D eigenvalue weighted by molar-refractivity contribution is 7.09. The molecule has 0 aromatic carbocycles. The van der Waals surface area contributed by atoms with E-state index in [0.717, 1.165) is 0 Å². The van der Waals surface area contributed by atoms with Gasteiger partial charge in [0.2, 0.25) is 0 Å². The molecule has 1 aromatic heterocycles. The van der Waals surface area contributed by atoms with Gasteiger partial charge in [-0.2, -0.15) is 0 Å². The minimum absolute atomic E-state index is 0.470. The number of rotatable bonds is 3. The predicted octanol–water partition coefficient (Wildman–Crippen LogP) is 2.77. The second-order valence-corrected chi connectivity index (χ2v) is 5.41. The summed E-state index contributed by atoms with van der Waals surface area (Å²) in [6.45, 7) is 7.20. The van der Waals surface area contributed by atoms with Crippen LogP contribution in [0.15, 0.2) is 17.5 Å². The molecule has 1 aliphatic heterocycles. The van der Waals surface area contributed by atoms with Crippen LogP contribution in [0.2, 0.25) is 0 Å². The SMILES string of the molecule is CC1(C)CCN1CCc1cccs1. The zero-order chi connectivity index (χ0) is 9.31. The van der Waals surface area contributed by atoms with Gasteiger partial charge in [0, 0.05) is 23.5 Å². The van der Waals surface area contributed by atoms with Gasteiger partial charge in [-0.05, 0) is 38.1 Å². The molecule has 0 amide bonds. The van der Waals surface area contributed by atoms with E-state index in [1.807, 2.05) is 11.3 Å². The molecule has 1 saturated heterocycles. The first kappa shape index (κ1) is 9.22. The lowest BCUT2D eigenvalue weighted by Gasteiger charge is -2.48. The Labute approximate surface area is 84.4 Å². The quantitative estimate of drug-likeness (QED) is 0.717. The molecule has 0 saturated carbocycles. The molecular formula is C11H17NS. The summed E-state index contributed by atoms with van der Waals surface area (Å²) in [6, 6.07) is 4.37. The van der Waals surface area contributed by atoms with Crippen LogP contribution in [0, 0.1) is 0 Å². The Kier molecular flexibility index (Phi) is 2.43. The second kappa shape index (κ2) is 3.43. The number of nitrogens with zero attached hydrogens (tertiary/aromatic N) is 1. The molecule has 0 radical (unpaired) electrons. The summed E-state index contributed by atoms with van der Waals surface area (Å²) in [5, 5.41) is 2.16. The van der Waals surface area contributed by atoms with Crippen molar-refractivity contribution < 1.29 is 0 Å². The summed E-state index contributed by atoms with van der Waals surface area (Å²) < 4.78 is 0. The maximum Gasteiger partial charge on any atom is 0.0165 e. The van der Waals surface area contributed by atoms with Crippen LogP contribution in [0.3, 0.4) is 0 Å². The monoisotopic (exact) mass is 195 g/mol. The van der Waals surface area contributed by atoms with Crippen molar-refractivity contribution in [3.8, 4) is 0 Å². The summed E-state index contributed by atoms with van der Waals surface area (Å²) in [7, 11) is 0. The van der Waals surface area contributed by atoms with Crippen LogP contribution in [-0.4, -0.2) is 23.5 Å². The summed E-state index contributed by atoms with van der Waals surface area (Å²) >= 11 is 1.87. The normalized spacial score (nSPS) is 21.4. The van der Waals surface area contributed by atoms with Gasteiger partial charge in [-0.15, -0.1) is 11.3 Å². The molecular weight excluding hydrogens is 178 g/mol. The smallest absolute Gasteiger partial charge is 0.0165 e. The van der Waals surface area contributed by atoms with Crippen molar-refractivity contribution in [3.63, 3.8) is 0 Å². The molecule has 0 aliphatic carbocycles. The molecule has 2 heteroatoms. The van der Waals surface area contributed by atoms with Crippen molar-refractivity contribution in [1.29, 1.82) is 0 Å². The first-order valence-electron chi connectivity index (χ1n) is 4.96. The van der Waals surface area contributed by atoms with E-state index in [4.69, 9.17) is 0 Å². The lowest BCUT2D eigenvalue weighted by Crippen LogP contribution is -2.56. The van der Waals surface area contributed by atoms with Crippen LogP contribution in [0.25, 0.3) is 0 Å². The molecule has 0 unspecified atom stereocenters. The summed E-state index contributed by atoms with van der Waals surface area (Å²) in [5.41, 5.74) is 0.470. The first-order valence-corrected chi connectivity index (χ1v) is 5.84. The molecule has 0 spiro atoms. The summed E-state index contributed by atoms with van der Waals surface area (Å²) in [4.78, 5) is 4.09. The van der Waals surface area contributed by atoms with Gasteiger partial charge in [0.15, 0.2) is 0 Å². The molecule has 2 rings (SSSR count). The predicted molar refractivity (Wildman–Crippen MR) is 58.3 cm³/mol. The average molecular weight is 195 g/mol. The van der Waals surface area contributed by atoms with E-state index in [2.05, 4.69) is 36.3 Å². The third kappa shape index (κ3) is 1.94. The van der Waals surface area contributed by atoms with Gasteiger partial charge < -0.3 is 0 Å². The largest absolute Gasteiger partial charge is 0.298 e. The van der Waals surface area contributed by atoms with Gasteiger partial charge in [-0.3, -0.25) is 4.90 Å². The van der Waals surface area contributed by atoms with E-state index < -0.39 is 0 Å². The van der Waals surface area contributed by atoms with Crippen LogP contribution in [0.5, 0.6) is 0 Å². The van der Waals surface area contributed by atoms with Crippen LogP contribution in [0.1, 0.15) is 25.1 Å². The molecule has 1 aromatic rings. The zero-order valence-corrected chi connectivity index (χ0v) is 9.23. The van der Waals surface area contributed by atoms with Gasteiger partial charge in [0.05, 0.1) is 0 Å². The molecule has 1 aliphatic rings. The summed E-state index contributed by atoms with van der Waals surface area (Å²) in [5.74, 6) is 0. The van der Waals surface area contributed by atoms with E-state index in [1.54, 1.807) is 0 Å². The van der Waals surface area contributed by atoms with Gasteiger partial charge in [0.25, 0.3) is 0 Å². The Balaban J connectivity index is 1.81. The van der Waals surface area contributed by atoms with Crippen molar-refractivity contribution in [1.82, 2.24) is 4.90 Å². The number of hydrogen-bond acceptors (Lipinski definition) is 2. The van der Waals surface area contributed by atoms with Gasteiger partial charge in [0.1, 0.15) is 0 Å². The Morgan fingerprint density at radius 3 is 2.85 bits per heavy atom. The number of thiophene rings is 1. The zero-order valence-electron chi connectivity index (χ0n) is 8.42. The molecule has 0 bridgehead atoms. The molecule has 2 heterocycles. The van der Waals surface area contributed by atoms with E-state index >= 15 is 0 Å². The van der Waals surface area contributed by atoms with Crippen molar-refractivity contribution in [2.45, 2.75) is 32.2 Å². The molecule has 0 N–H and O–H groups in total. The van der Waals surface area contributed by atoms with Crippen molar-refractivity contribution in [3.05, 3.63) is 22.4 Å². The highest BCUT2D eigenvalue weighted by atomic mass is 32.1. The molecule has 1 fully saturated rings. The number of hydrogen-bond donors (Lipinski definition) is 0. The van der Waals surface area contributed by atoms with Crippen LogP contribution in [-0.2, 0) is 6.42 Å². The molecule has 72 valence electrons. The highest BCUT2D eigenvalue weighted by Gasteiger charge is 2.34. The van der Waals surface area contributed by atoms with Gasteiger partial charge in [-0.25, -0.2) is 0 Å². The Bertz CT molecular complexity index is 264. The fourth-order valence-electron chi connectivity index (χ4n) is 1.83. The topological polar surface area (TPSA) is 3.24 Å². The first-order chi connectivity index (χ1) is 6.18. The van der Waals surface area contributed by atoms with E-state index in [-0.39, 0.29) is 0 Å². The maximum atomic E-state index is 2.58. The summed E-state index contributed by atoms with van der Waals surface area (Å²) in [6.07, 6.45) is 2.58. The molecule has 13 heavy (non-hydrogen) atoms. The lowest BCUT2D eigenvalue weighted by atomic mass is 9.89. The molecule has 0 atom stereocenters. The van der Waals surface area contributed by atoms with Crippen molar-refractivity contribution >= 4 is 11.3 Å². The average Bonchev–Trinajstić information content (AvgIpc) is 2.55. The van der Waals surface area contributed by atoms with Gasteiger partial charge >= 0.3 is 0 Å². The molecule has 1 nitrogen and oxygen atoms in total. The Hall–Kier alpha value is -0.340. The highest BCUT2D eigenvalue weighted by Crippen LogP contribution is 2.29. The van der Waals surface area contributed by atoms with Crippen LogP contribution in [0.4, 0.5) is 0 Å². The minimum atomic E-state index is 0.470. The van der Waals surface area contributed by atoms with Crippen LogP contribution < -0.4 is 0 Å². The fourth-order valence-corrected chi connectivity index (χ4v) is 2.53.